The Labute approximate surface area is 216 Å². The van der Waals surface area contributed by atoms with Crippen molar-refractivity contribution < 1.29 is 26.7 Å². The molecule has 0 radical (unpaired) electrons. The van der Waals surface area contributed by atoms with Crippen molar-refractivity contribution in [3.8, 4) is 5.75 Å². The number of ether oxygens (including phenoxy) is 1. The molecule has 1 atom stereocenters. The number of sulfonamides is 1. The Hall–Kier alpha value is -2.23. The first-order chi connectivity index (χ1) is 17.2. The molecule has 1 saturated heterocycles. The summed E-state index contributed by atoms with van der Waals surface area (Å²) in [4.78, 5) is 14.2. The van der Waals surface area contributed by atoms with Crippen LogP contribution in [-0.2, 0) is 20.7 Å². The van der Waals surface area contributed by atoms with Gasteiger partial charge in [-0.15, -0.1) is 0 Å². The number of alkyl halides is 2. The zero-order valence-corrected chi connectivity index (χ0v) is 21.5. The van der Waals surface area contributed by atoms with Crippen molar-refractivity contribution in [2.24, 2.45) is 5.92 Å². The van der Waals surface area contributed by atoms with E-state index >= 15 is 8.78 Å². The Morgan fingerprint density at radius 2 is 1.61 bits per heavy atom. The molecule has 1 aliphatic carbocycles. The molecular weight excluding hydrogens is 510 g/mol. The molecule has 1 N–H and O–H groups in total. The number of nitrogens with one attached hydrogen (secondary N) is 1. The minimum atomic E-state index is -4.44. The molecular formula is C26H31ClF2N2O4S. The molecule has 10 heteroatoms. The number of hydrogen-bond acceptors (Lipinski definition) is 4. The molecule has 0 bridgehead atoms. The lowest BCUT2D eigenvalue weighted by Crippen LogP contribution is -2.55. The van der Waals surface area contributed by atoms with Gasteiger partial charge in [0, 0.05) is 23.7 Å². The van der Waals surface area contributed by atoms with Crippen LogP contribution in [0.3, 0.4) is 0 Å². The van der Waals surface area contributed by atoms with E-state index < -0.39 is 33.5 Å². The van der Waals surface area contributed by atoms with Crippen LogP contribution in [0.2, 0.25) is 5.02 Å². The number of benzene rings is 2. The molecule has 1 amide bonds. The highest BCUT2D eigenvalue weighted by molar-refractivity contribution is 7.89. The van der Waals surface area contributed by atoms with E-state index in [0.29, 0.717) is 44.2 Å². The third-order valence-corrected chi connectivity index (χ3v) is 8.56. The highest BCUT2D eigenvalue weighted by atomic mass is 35.5. The number of carbonyl (C=O) groups is 1. The molecule has 6 nitrogen and oxygen atoms in total. The first kappa shape index (κ1) is 26.8. The summed E-state index contributed by atoms with van der Waals surface area (Å²) in [6.45, 7) is 1.17. The third kappa shape index (κ3) is 6.36. The lowest BCUT2D eigenvalue weighted by Gasteiger charge is -2.30. The fourth-order valence-corrected chi connectivity index (χ4v) is 6.06. The van der Waals surface area contributed by atoms with E-state index in [1.807, 2.05) is 4.72 Å². The zero-order valence-electron chi connectivity index (χ0n) is 20.0. The monoisotopic (exact) mass is 540 g/mol. The summed E-state index contributed by atoms with van der Waals surface area (Å²) in [6.07, 6.45) is 7.22. The Kier molecular flexibility index (Phi) is 8.52. The number of rotatable bonds is 9. The predicted molar refractivity (Wildman–Crippen MR) is 134 cm³/mol. The standard InChI is InChI=1S/C26H31ClF2N2O4S/c27-21-10-8-20(9-11-21)26(28,29)24(25(32)31-16-4-5-17-31)30-36(33,34)23-14-12-22(13-15-23)35-18-19-6-2-1-3-7-19/h8-15,19,24,30H,1-7,16-18H2/t24-/m1/s1. The van der Waals surface area contributed by atoms with Crippen molar-refractivity contribution in [3.05, 3.63) is 59.1 Å². The van der Waals surface area contributed by atoms with Crippen LogP contribution < -0.4 is 9.46 Å². The van der Waals surface area contributed by atoms with Crippen LogP contribution in [-0.4, -0.2) is 45.0 Å². The number of halogens is 3. The van der Waals surface area contributed by atoms with Crippen LogP contribution in [0.15, 0.2) is 53.4 Å². The predicted octanol–water partition coefficient (Wildman–Crippen LogP) is 5.36. The molecule has 36 heavy (non-hydrogen) atoms. The third-order valence-electron chi connectivity index (χ3n) is 6.87. The van der Waals surface area contributed by atoms with Crippen molar-refractivity contribution in [2.45, 2.75) is 61.8 Å². The van der Waals surface area contributed by atoms with Crippen molar-refractivity contribution in [1.29, 1.82) is 0 Å². The molecule has 2 aromatic rings. The van der Waals surface area contributed by atoms with Gasteiger partial charge in [-0.1, -0.05) is 43.0 Å². The maximum atomic E-state index is 15.6. The van der Waals surface area contributed by atoms with Crippen LogP contribution in [0.1, 0.15) is 50.5 Å². The van der Waals surface area contributed by atoms with Crippen molar-refractivity contribution in [2.75, 3.05) is 19.7 Å². The number of nitrogens with zero attached hydrogens (tertiary/aromatic N) is 1. The average Bonchev–Trinajstić information content (AvgIpc) is 3.42. The summed E-state index contributed by atoms with van der Waals surface area (Å²) in [6, 6.07) is 8.07. The Morgan fingerprint density at radius 1 is 1.00 bits per heavy atom. The molecule has 196 valence electrons. The van der Waals surface area contributed by atoms with Gasteiger partial charge in [0.2, 0.25) is 15.9 Å². The first-order valence-corrected chi connectivity index (χ1v) is 14.2. The first-order valence-electron chi connectivity index (χ1n) is 12.3. The van der Waals surface area contributed by atoms with E-state index in [2.05, 4.69) is 0 Å². The minimum Gasteiger partial charge on any atom is -0.493 e. The largest absolute Gasteiger partial charge is 0.493 e. The molecule has 2 fully saturated rings. The fourth-order valence-electron chi connectivity index (χ4n) is 4.74. The maximum absolute atomic E-state index is 15.6. The van der Waals surface area contributed by atoms with E-state index in [1.165, 1.54) is 60.6 Å². The zero-order chi connectivity index (χ0) is 25.8. The summed E-state index contributed by atoms with van der Waals surface area (Å²) in [5.74, 6) is -3.77. The van der Waals surface area contributed by atoms with Crippen LogP contribution in [0, 0.1) is 5.92 Å². The van der Waals surface area contributed by atoms with Gasteiger partial charge >= 0.3 is 0 Å². The molecule has 0 spiro atoms. The van der Waals surface area contributed by atoms with E-state index in [1.54, 1.807) is 0 Å². The number of amides is 1. The van der Waals surface area contributed by atoms with Gasteiger partial charge in [0.25, 0.3) is 5.92 Å². The number of hydrogen-bond donors (Lipinski definition) is 1. The minimum absolute atomic E-state index is 0.223. The lowest BCUT2D eigenvalue weighted by atomic mass is 9.90. The molecule has 1 aliphatic heterocycles. The fraction of sp³-hybridized carbons (Fsp3) is 0.500. The van der Waals surface area contributed by atoms with Gasteiger partial charge in [-0.3, -0.25) is 4.79 Å². The van der Waals surface area contributed by atoms with Crippen molar-refractivity contribution in [1.82, 2.24) is 9.62 Å². The van der Waals surface area contributed by atoms with Crippen LogP contribution in [0.25, 0.3) is 0 Å². The second kappa shape index (κ2) is 11.4. The Balaban J connectivity index is 1.53. The van der Waals surface area contributed by atoms with Gasteiger partial charge in [0.15, 0.2) is 6.04 Å². The van der Waals surface area contributed by atoms with Crippen molar-refractivity contribution in [3.63, 3.8) is 0 Å². The molecule has 4 rings (SSSR count). The molecule has 2 aliphatic rings. The van der Waals surface area contributed by atoms with Gasteiger partial charge in [0.05, 0.1) is 11.5 Å². The average molecular weight is 541 g/mol. The van der Waals surface area contributed by atoms with Crippen LogP contribution >= 0.6 is 11.6 Å². The van der Waals surface area contributed by atoms with Gasteiger partial charge in [-0.25, -0.2) is 8.42 Å². The molecule has 1 saturated carbocycles. The molecule has 0 unspecified atom stereocenters. The Morgan fingerprint density at radius 3 is 2.22 bits per heavy atom. The van der Waals surface area contributed by atoms with Crippen LogP contribution in [0.4, 0.5) is 8.78 Å². The summed E-state index contributed by atoms with van der Waals surface area (Å²) in [7, 11) is -4.44. The quantitative estimate of drug-likeness (QED) is 0.464. The smallest absolute Gasteiger partial charge is 0.298 e. The van der Waals surface area contributed by atoms with E-state index in [0.717, 1.165) is 25.0 Å². The van der Waals surface area contributed by atoms with Gasteiger partial charge in [-0.05, 0) is 68.0 Å². The second-order valence-corrected chi connectivity index (χ2v) is 11.7. The van der Waals surface area contributed by atoms with E-state index in [-0.39, 0.29) is 9.92 Å². The van der Waals surface area contributed by atoms with E-state index in [9.17, 15) is 13.2 Å². The molecule has 2 aromatic carbocycles. The van der Waals surface area contributed by atoms with Crippen LogP contribution in [0.5, 0.6) is 5.75 Å². The second-order valence-electron chi connectivity index (χ2n) is 9.50. The number of carbonyl (C=O) groups excluding carboxylic acids is 1. The van der Waals surface area contributed by atoms with Gasteiger partial charge < -0.3 is 9.64 Å². The summed E-state index contributed by atoms with van der Waals surface area (Å²) in [5, 5.41) is 0.253. The van der Waals surface area contributed by atoms with Gasteiger partial charge in [0.1, 0.15) is 5.75 Å². The van der Waals surface area contributed by atoms with E-state index in [4.69, 9.17) is 16.3 Å². The summed E-state index contributed by atoms with van der Waals surface area (Å²) in [5.41, 5.74) is -0.501. The Bertz CT molecular complexity index is 1130. The number of likely N-dealkylation sites (tertiary alicyclic amines) is 1. The molecule has 1 heterocycles. The topological polar surface area (TPSA) is 75.7 Å². The van der Waals surface area contributed by atoms with Gasteiger partial charge in [-0.2, -0.15) is 13.5 Å². The highest BCUT2D eigenvalue weighted by Crippen LogP contribution is 2.35. The van der Waals surface area contributed by atoms with Crippen molar-refractivity contribution >= 4 is 27.5 Å². The SMILES string of the molecule is O=C([C@@H](NS(=O)(=O)c1ccc(OCC2CCCCC2)cc1)C(F)(F)c1ccc(Cl)cc1)N1CCCC1. The highest BCUT2D eigenvalue weighted by Gasteiger charge is 2.49. The summed E-state index contributed by atoms with van der Waals surface area (Å²) < 4.78 is 65.3. The molecule has 0 aromatic heterocycles. The maximum Gasteiger partial charge on any atom is 0.298 e. The lowest BCUT2D eigenvalue weighted by molar-refractivity contribution is -0.143. The normalized spacial score (nSPS) is 18.2. The summed E-state index contributed by atoms with van der Waals surface area (Å²) >= 11 is 5.83.